The van der Waals surface area contributed by atoms with Crippen LogP contribution < -0.4 is 11.1 Å². The second kappa shape index (κ2) is 9.34. The predicted octanol–water partition coefficient (Wildman–Crippen LogP) is 4.61. The van der Waals surface area contributed by atoms with Crippen molar-refractivity contribution in [3.63, 3.8) is 0 Å². The SMILES string of the molecule is CC(C)OCc1cccc(NC(=O)C(C)(N)c2ccc(Br)cc2)c1.Cl. The van der Waals surface area contributed by atoms with Gasteiger partial charge in [-0.05, 0) is 56.2 Å². The molecule has 0 aromatic heterocycles. The summed E-state index contributed by atoms with van der Waals surface area (Å²) in [4.78, 5) is 12.6. The van der Waals surface area contributed by atoms with Crippen molar-refractivity contribution in [3.05, 3.63) is 64.1 Å². The minimum absolute atomic E-state index is 0. The van der Waals surface area contributed by atoms with Crippen LogP contribution in [0.1, 0.15) is 31.9 Å². The average molecular weight is 428 g/mol. The van der Waals surface area contributed by atoms with Crippen molar-refractivity contribution in [2.45, 2.75) is 39.0 Å². The van der Waals surface area contributed by atoms with E-state index in [0.717, 1.165) is 15.6 Å². The largest absolute Gasteiger partial charge is 0.374 e. The molecular formula is C19H24BrClN2O2. The summed E-state index contributed by atoms with van der Waals surface area (Å²) in [5, 5.41) is 2.89. The summed E-state index contributed by atoms with van der Waals surface area (Å²) in [6.07, 6.45) is 0.160. The molecule has 1 amide bonds. The maximum absolute atomic E-state index is 12.6. The number of anilines is 1. The van der Waals surface area contributed by atoms with Gasteiger partial charge < -0.3 is 15.8 Å². The normalized spacial score (nSPS) is 13.0. The van der Waals surface area contributed by atoms with Crippen LogP contribution in [0, 0.1) is 0 Å². The van der Waals surface area contributed by atoms with Gasteiger partial charge in [0.05, 0.1) is 12.7 Å². The molecule has 2 aromatic carbocycles. The smallest absolute Gasteiger partial charge is 0.248 e. The van der Waals surface area contributed by atoms with Gasteiger partial charge in [-0.15, -0.1) is 12.4 Å². The fourth-order valence-electron chi connectivity index (χ4n) is 2.19. The zero-order valence-electron chi connectivity index (χ0n) is 14.6. The van der Waals surface area contributed by atoms with Crippen LogP contribution in [-0.4, -0.2) is 12.0 Å². The van der Waals surface area contributed by atoms with E-state index in [1.807, 2.05) is 62.4 Å². The summed E-state index contributed by atoms with van der Waals surface area (Å²) < 4.78 is 6.54. The molecule has 1 atom stereocenters. The minimum Gasteiger partial charge on any atom is -0.374 e. The van der Waals surface area contributed by atoms with E-state index >= 15 is 0 Å². The molecule has 25 heavy (non-hydrogen) atoms. The minimum atomic E-state index is -1.12. The zero-order chi connectivity index (χ0) is 17.7. The first-order chi connectivity index (χ1) is 11.3. The summed E-state index contributed by atoms with van der Waals surface area (Å²) in [5.74, 6) is -0.258. The number of benzene rings is 2. The molecule has 2 rings (SSSR count). The molecule has 0 aliphatic rings. The molecule has 0 aliphatic carbocycles. The van der Waals surface area contributed by atoms with E-state index in [2.05, 4.69) is 21.2 Å². The highest BCUT2D eigenvalue weighted by atomic mass is 79.9. The Hall–Kier alpha value is -1.40. The average Bonchev–Trinajstić information content (AvgIpc) is 2.53. The van der Waals surface area contributed by atoms with E-state index in [4.69, 9.17) is 10.5 Å². The number of rotatable bonds is 6. The van der Waals surface area contributed by atoms with Crippen molar-refractivity contribution in [2.24, 2.45) is 5.73 Å². The monoisotopic (exact) mass is 426 g/mol. The maximum atomic E-state index is 12.6. The third-order valence-corrected chi connectivity index (χ3v) is 4.21. The van der Waals surface area contributed by atoms with Crippen LogP contribution in [0.2, 0.25) is 0 Å². The number of carbonyl (C=O) groups is 1. The van der Waals surface area contributed by atoms with Gasteiger partial charge in [0, 0.05) is 10.2 Å². The first-order valence-corrected chi connectivity index (χ1v) is 8.65. The molecule has 0 bridgehead atoms. The van der Waals surface area contributed by atoms with Crippen molar-refractivity contribution in [2.75, 3.05) is 5.32 Å². The Bertz CT molecular complexity index is 703. The summed E-state index contributed by atoms with van der Waals surface area (Å²) in [6, 6.07) is 15.0. The summed E-state index contributed by atoms with van der Waals surface area (Å²) in [7, 11) is 0. The number of nitrogens with two attached hydrogens (primary N) is 1. The lowest BCUT2D eigenvalue weighted by atomic mass is 9.92. The lowest BCUT2D eigenvalue weighted by Crippen LogP contribution is -2.45. The zero-order valence-corrected chi connectivity index (χ0v) is 17.0. The second-order valence-electron chi connectivity index (χ2n) is 6.22. The molecule has 136 valence electrons. The molecule has 0 saturated carbocycles. The number of halogens is 2. The molecule has 0 spiro atoms. The second-order valence-corrected chi connectivity index (χ2v) is 7.14. The number of amides is 1. The summed E-state index contributed by atoms with van der Waals surface area (Å²) in [6.45, 7) is 6.19. The third-order valence-electron chi connectivity index (χ3n) is 3.68. The van der Waals surface area contributed by atoms with Crippen molar-refractivity contribution >= 4 is 39.9 Å². The van der Waals surface area contributed by atoms with Gasteiger partial charge in [-0.3, -0.25) is 4.79 Å². The Labute approximate surface area is 163 Å². The number of hydrogen-bond donors (Lipinski definition) is 2. The summed E-state index contributed by atoms with van der Waals surface area (Å²) >= 11 is 3.38. The number of hydrogen-bond acceptors (Lipinski definition) is 3. The highest BCUT2D eigenvalue weighted by Crippen LogP contribution is 2.23. The van der Waals surface area contributed by atoms with Crippen molar-refractivity contribution < 1.29 is 9.53 Å². The van der Waals surface area contributed by atoms with Crippen LogP contribution >= 0.6 is 28.3 Å². The number of ether oxygens (including phenoxy) is 1. The van der Waals surface area contributed by atoms with E-state index in [9.17, 15) is 4.79 Å². The highest BCUT2D eigenvalue weighted by molar-refractivity contribution is 9.10. The van der Waals surface area contributed by atoms with Crippen LogP contribution in [0.15, 0.2) is 53.0 Å². The van der Waals surface area contributed by atoms with E-state index in [0.29, 0.717) is 12.3 Å². The lowest BCUT2D eigenvalue weighted by molar-refractivity contribution is -0.120. The molecule has 2 aromatic rings. The Kier molecular flexibility index (Phi) is 8.09. The van der Waals surface area contributed by atoms with Gasteiger partial charge in [0.1, 0.15) is 5.54 Å². The predicted molar refractivity (Wildman–Crippen MR) is 108 cm³/mol. The Balaban J connectivity index is 0.00000312. The van der Waals surface area contributed by atoms with Gasteiger partial charge in [-0.2, -0.15) is 0 Å². The maximum Gasteiger partial charge on any atom is 0.248 e. The van der Waals surface area contributed by atoms with E-state index < -0.39 is 5.54 Å². The molecule has 0 aliphatic heterocycles. The standard InChI is InChI=1S/C19H23BrN2O2.ClH/c1-13(2)24-12-14-5-4-6-17(11-14)22-18(23)19(3,21)15-7-9-16(20)10-8-15;/h4-11,13H,12,21H2,1-3H3,(H,22,23);1H. The molecule has 0 fully saturated rings. The van der Waals surface area contributed by atoms with Gasteiger partial charge in [-0.1, -0.05) is 40.2 Å². The summed E-state index contributed by atoms with van der Waals surface area (Å²) in [5.41, 5.74) is 7.61. The molecule has 0 heterocycles. The molecule has 0 radical (unpaired) electrons. The van der Waals surface area contributed by atoms with E-state index in [1.165, 1.54) is 0 Å². The Morgan fingerprint density at radius 3 is 2.48 bits per heavy atom. The van der Waals surface area contributed by atoms with Crippen molar-refractivity contribution in [1.29, 1.82) is 0 Å². The Morgan fingerprint density at radius 2 is 1.88 bits per heavy atom. The molecule has 1 unspecified atom stereocenters. The van der Waals surface area contributed by atoms with Gasteiger partial charge in [0.15, 0.2) is 0 Å². The first-order valence-electron chi connectivity index (χ1n) is 7.86. The Morgan fingerprint density at radius 1 is 1.24 bits per heavy atom. The molecule has 4 nitrogen and oxygen atoms in total. The van der Waals surface area contributed by atoms with Crippen LogP contribution in [0.3, 0.4) is 0 Å². The van der Waals surface area contributed by atoms with Crippen LogP contribution in [0.25, 0.3) is 0 Å². The third kappa shape index (κ3) is 6.12. The number of nitrogens with one attached hydrogen (secondary N) is 1. The van der Waals surface area contributed by atoms with Gasteiger partial charge in [0.25, 0.3) is 0 Å². The van der Waals surface area contributed by atoms with Gasteiger partial charge in [-0.25, -0.2) is 0 Å². The molecule has 3 N–H and O–H groups in total. The van der Waals surface area contributed by atoms with Crippen LogP contribution in [0.5, 0.6) is 0 Å². The van der Waals surface area contributed by atoms with Crippen LogP contribution in [0.4, 0.5) is 5.69 Å². The van der Waals surface area contributed by atoms with Crippen LogP contribution in [-0.2, 0) is 21.7 Å². The molecular weight excluding hydrogens is 404 g/mol. The molecule has 6 heteroatoms. The fraction of sp³-hybridized carbons (Fsp3) is 0.316. The van der Waals surface area contributed by atoms with Crippen molar-refractivity contribution in [3.8, 4) is 0 Å². The van der Waals surface area contributed by atoms with Crippen molar-refractivity contribution in [1.82, 2.24) is 0 Å². The van der Waals surface area contributed by atoms with Gasteiger partial charge in [0.2, 0.25) is 5.91 Å². The fourth-order valence-corrected chi connectivity index (χ4v) is 2.45. The van der Waals surface area contributed by atoms with E-state index in [-0.39, 0.29) is 24.4 Å². The first kappa shape index (κ1) is 21.6. The van der Waals surface area contributed by atoms with Gasteiger partial charge >= 0.3 is 0 Å². The highest BCUT2D eigenvalue weighted by Gasteiger charge is 2.30. The number of carbonyl (C=O) groups excluding carboxylic acids is 1. The topological polar surface area (TPSA) is 64.3 Å². The lowest BCUT2D eigenvalue weighted by Gasteiger charge is -2.24. The van der Waals surface area contributed by atoms with E-state index in [1.54, 1.807) is 6.92 Å². The quantitative estimate of drug-likeness (QED) is 0.707. The molecule has 0 saturated heterocycles.